The van der Waals surface area contributed by atoms with Crippen LogP contribution in [0.25, 0.3) is 106 Å². The third-order valence-corrected chi connectivity index (χ3v) is 9.83. The molecule has 0 radical (unpaired) electrons. The summed E-state index contributed by atoms with van der Waals surface area (Å²) in [6.45, 7) is 0. The van der Waals surface area contributed by atoms with Crippen LogP contribution in [-0.4, -0.2) is 19.5 Å². The zero-order valence-corrected chi connectivity index (χ0v) is 27.1. The van der Waals surface area contributed by atoms with Crippen molar-refractivity contribution in [2.24, 2.45) is 0 Å². The Kier molecular flexibility index (Phi) is 5.86. The molecule has 0 spiro atoms. The van der Waals surface area contributed by atoms with Crippen LogP contribution in [0.4, 0.5) is 0 Å². The molecule has 238 valence electrons. The van der Waals surface area contributed by atoms with Crippen molar-refractivity contribution >= 4 is 65.7 Å². The van der Waals surface area contributed by atoms with Crippen molar-refractivity contribution in [3.8, 4) is 39.9 Å². The minimum atomic E-state index is 0.574. The van der Waals surface area contributed by atoms with E-state index in [9.17, 15) is 0 Å². The number of hydrogen-bond donors (Lipinski definition) is 0. The van der Waals surface area contributed by atoms with Gasteiger partial charge >= 0.3 is 0 Å². The van der Waals surface area contributed by atoms with Crippen molar-refractivity contribution in [1.29, 1.82) is 0 Å². The molecule has 51 heavy (non-hydrogen) atoms. The van der Waals surface area contributed by atoms with Gasteiger partial charge in [0, 0.05) is 55.1 Å². The molecule has 0 amide bonds. The Bertz CT molecular complexity index is 3080. The molecule has 6 heteroatoms. The van der Waals surface area contributed by atoms with E-state index < -0.39 is 0 Å². The second-order valence-corrected chi connectivity index (χ2v) is 12.8. The first-order valence-corrected chi connectivity index (χ1v) is 16.9. The molecule has 4 aromatic heterocycles. The lowest BCUT2D eigenvalue weighted by atomic mass is 10.0. The molecular formula is C45H26N4O2. The van der Waals surface area contributed by atoms with Crippen LogP contribution in [0.2, 0.25) is 0 Å². The first-order valence-electron chi connectivity index (χ1n) is 16.9. The Balaban J connectivity index is 1.25. The first-order chi connectivity index (χ1) is 25.3. The lowest BCUT2D eigenvalue weighted by Gasteiger charge is -2.13. The SMILES string of the molecule is c1ccc(-c2nc(-c3ccccc3)nc(-c3cc(-n4c5ccccc5c5cc6oc7ccccc7c6cc54)cc4oc5ccccc5c34)n2)cc1. The van der Waals surface area contributed by atoms with Gasteiger partial charge in [0.15, 0.2) is 17.5 Å². The molecule has 0 aliphatic heterocycles. The largest absolute Gasteiger partial charge is 0.456 e. The molecule has 11 aromatic rings. The third kappa shape index (κ3) is 4.26. The highest BCUT2D eigenvalue weighted by molar-refractivity contribution is 6.18. The summed E-state index contributed by atoms with van der Waals surface area (Å²) < 4.78 is 15.3. The maximum absolute atomic E-state index is 6.62. The number of hydrogen-bond acceptors (Lipinski definition) is 5. The Morgan fingerprint density at radius 2 is 0.941 bits per heavy atom. The summed E-state index contributed by atoms with van der Waals surface area (Å²) in [6.07, 6.45) is 0. The number of furan rings is 2. The summed E-state index contributed by atoms with van der Waals surface area (Å²) in [5.41, 5.74) is 9.10. The maximum Gasteiger partial charge on any atom is 0.164 e. The highest BCUT2D eigenvalue weighted by Gasteiger charge is 2.22. The van der Waals surface area contributed by atoms with Crippen LogP contribution in [0.3, 0.4) is 0 Å². The normalized spacial score (nSPS) is 11.9. The van der Waals surface area contributed by atoms with Gasteiger partial charge in [0.1, 0.15) is 22.3 Å². The zero-order chi connectivity index (χ0) is 33.5. The summed E-state index contributed by atoms with van der Waals surface area (Å²) in [4.78, 5) is 15.3. The van der Waals surface area contributed by atoms with E-state index in [1.54, 1.807) is 0 Å². The molecule has 0 unspecified atom stereocenters. The van der Waals surface area contributed by atoms with Crippen LogP contribution < -0.4 is 0 Å². The number of para-hydroxylation sites is 3. The Labute approximate surface area is 290 Å². The second kappa shape index (κ2) is 10.7. The maximum atomic E-state index is 6.62. The number of fused-ring (bicyclic) bond motifs is 9. The van der Waals surface area contributed by atoms with Gasteiger partial charge in [0.05, 0.1) is 16.7 Å². The van der Waals surface area contributed by atoms with E-state index in [1.807, 2.05) is 91.0 Å². The van der Waals surface area contributed by atoms with Crippen molar-refractivity contribution in [3.05, 3.63) is 158 Å². The minimum Gasteiger partial charge on any atom is -0.456 e. The fraction of sp³-hybridized carbons (Fsp3) is 0. The monoisotopic (exact) mass is 654 g/mol. The number of nitrogens with zero attached hydrogens (tertiary/aromatic N) is 4. The second-order valence-electron chi connectivity index (χ2n) is 12.8. The lowest BCUT2D eigenvalue weighted by Crippen LogP contribution is -2.01. The van der Waals surface area contributed by atoms with E-state index in [2.05, 4.69) is 71.3 Å². The van der Waals surface area contributed by atoms with E-state index in [0.717, 1.165) is 88.1 Å². The molecule has 0 N–H and O–H groups in total. The summed E-state index contributed by atoms with van der Waals surface area (Å²) in [5, 5.41) is 6.38. The predicted octanol–water partition coefficient (Wildman–Crippen LogP) is 11.8. The van der Waals surface area contributed by atoms with Gasteiger partial charge in [-0.15, -0.1) is 0 Å². The van der Waals surface area contributed by atoms with Crippen molar-refractivity contribution in [3.63, 3.8) is 0 Å². The summed E-state index contributed by atoms with van der Waals surface area (Å²) in [5.74, 6) is 1.79. The van der Waals surface area contributed by atoms with Crippen molar-refractivity contribution in [2.75, 3.05) is 0 Å². The fourth-order valence-electron chi connectivity index (χ4n) is 7.54. The Morgan fingerprint density at radius 3 is 1.67 bits per heavy atom. The molecule has 0 aliphatic rings. The topological polar surface area (TPSA) is 69.9 Å². The molecule has 4 heterocycles. The Hall–Kier alpha value is -7.05. The van der Waals surface area contributed by atoms with E-state index >= 15 is 0 Å². The van der Waals surface area contributed by atoms with Gasteiger partial charge in [-0.3, -0.25) is 0 Å². The van der Waals surface area contributed by atoms with Crippen LogP contribution in [0, 0.1) is 0 Å². The molecular weight excluding hydrogens is 629 g/mol. The minimum absolute atomic E-state index is 0.574. The first kappa shape index (κ1) is 27.9. The molecule has 0 aliphatic carbocycles. The number of benzene rings is 7. The van der Waals surface area contributed by atoms with Crippen molar-refractivity contribution in [1.82, 2.24) is 19.5 Å². The average molecular weight is 655 g/mol. The number of aromatic nitrogens is 4. The summed E-state index contributed by atoms with van der Waals surface area (Å²) in [7, 11) is 0. The van der Waals surface area contributed by atoms with E-state index in [0.29, 0.717) is 17.5 Å². The van der Waals surface area contributed by atoms with E-state index in [4.69, 9.17) is 23.8 Å². The molecule has 7 aromatic carbocycles. The summed E-state index contributed by atoms with van der Waals surface area (Å²) >= 11 is 0. The van der Waals surface area contributed by atoms with Crippen LogP contribution in [0.5, 0.6) is 0 Å². The van der Waals surface area contributed by atoms with Crippen LogP contribution in [-0.2, 0) is 0 Å². The Morgan fingerprint density at radius 1 is 0.373 bits per heavy atom. The fourth-order valence-corrected chi connectivity index (χ4v) is 7.54. The number of rotatable bonds is 4. The zero-order valence-electron chi connectivity index (χ0n) is 27.1. The molecule has 0 bridgehead atoms. The molecule has 6 nitrogen and oxygen atoms in total. The third-order valence-electron chi connectivity index (χ3n) is 9.83. The van der Waals surface area contributed by atoms with Gasteiger partial charge in [-0.2, -0.15) is 0 Å². The smallest absolute Gasteiger partial charge is 0.164 e. The van der Waals surface area contributed by atoms with Crippen LogP contribution >= 0.6 is 0 Å². The standard InChI is InChI=1S/C45H26N4O2/c1-3-13-27(14-4-1)43-46-44(28-15-5-2-6-16-28)48-45(47-43)35-23-29(24-41-42(35)32-19-9-12-22-39(32)51-41)49-36-20-10-7-17-30(36)33-26-40-34(25-37(33)49)31-18-8-11-21-38(31)50-40/h1-26H. The van der Waals surface area contributed by atoms with Gasteiger partial charge in [-0.05, 0) is 36.4 Å². The lowest BCUT2D eigenvalue weighted by molar-refractivity contribution is 0.668. The predicted molar refractivity (Wildman–Crippen MR) is 205 cm³/mol. The van der Waals surface area contributed by atoms with Gasteiger partial charge in [0.25, 0.3) is 0 Å². The highest BCUT2D eigenvalue weighted by atomic mass is 16.3. The van der Waals surface area contributed by atoms with E-state index in [1.165, 1.54) is 0 Å². The van der Waals surface area contributed by atoms with Crippen LogP contribution in [0.15, 0.2) is 167 Å². The average Bonchev–Trinajstić information content (AvgIpc) is 3.86. The highest BCUT2D eigenvalue weighted by Crippen LogP contribution is 2.42. The molecule has 0 atom stereocenters. The van der Waals surface area contributed by atoms with Gasteiger partial charge in [-0.25, -0.2) is 15.0 Å². The van der Waals surface area contributed by atoms with E-state index in [-0.39, 0.29) is 0 Å². The molecule has 0 fully saturated rings. The molecule has 11 rings (SSSR count). The van der Waals surface area contributed by atoms with Gasteiger partial charge in [-0.1, -0.05) is 115 Å². The van der Waals surface area contributed by atoms with Gasteiger partial charge in [0.2, 0.25) is 0 Å². The van der Waals surface area contributed by atoms with Crippen molar-refractivity contribution in [2.45, 2.75) is 0 Å². The van der Waals surface area contributed by atoms with Gasteiger partial charge < -0.3 is 13.4 Å². The van der Waals surface area contributed by atoms with Crippen molar-refractivity contribution < 1.29 is 8.83 Å². The summed E-state index contributed by atoms with van der Waals surface area (Å²) in [6, 6.07) is 53.8. The quantitative estimate of drug-likeness (QED) is 0.189. The van der Waals surface area contributed by atoms with Crippen LogP contribution in [0.1, 0.15) is 0 Å². The molecule has 0 saturated carbocycles. The molecule has 0 saturated heterocycles.